The molecule has 0 bridgehead atoms. The minimum atomic E-state index is -2.86. The third kappa shape index (κ3) is 3.76. The fourth-order valence-corrected chi connectivity index (χ4v) is 5.08. The van der Waals surface area contributed by atoms with Crippen molar-refractivity contribution < 1.29 is 17.9 Å². The standard InChI is InChI=1S/C15H22N2O5S/c1-11-8-13(18)15(19)14(22-11)9-16-3-5-17(6-4-16)12-2-7-23(20,21)10-12/h8,12,19H,2-7,9-10H2,1H3/t12-/m1/s1. The number of piperazine rings is 1. The van der Waals surface area contributed by atoms with Crippen molar-refractivity contribution in [2.75, 3.05) is 37.7 Å². The molecule has 2 aliphatic heterocycles. The molecule has 23 heavy (non-hydrogen) atoms. The van der Waals surface area contributed by atoms with E-state index < -0.39 is 15.3 Å². The fraction of sp³-hybridized carbons (Fsp3) is 0.667. The predicted molar refractivity (Wildman–Crippen MR) is 85.3 cm³/mol. The van der Waals surface area contributed by atoms with E-state index in [4.69, 9.17) is 4.42 Å². The Morgan fingerprint density at radius 1 is 1.30 bits per heavy atom. The molecule has 0 spiro atoms. The van der Waals surface area contributed by atoms with Gasteiger partial charge >= 0.3 is 0 Å². The monoisotopic (exact) mass is 342 g/mol. The maximum absolute atomic E-state index is 11.6. The Hall–Kier alpha value is -1.38. The summed E-state index contributed by atoms with van der Waals surface area (Å²) in [6, 6.07) is 1.41. The highest BCUT2D eigenvalue weighted by Crippen LogP contribution is 2.21. The SMILES string of the molecule is Cc1cc(=O)c(O)c(CN2CCN([C@@H]3CCS(=O)(=O)C3)CC2)o1. The van der Waals surface area contributed by atoms with Gasteiger partial charge in [0, 0.05) is 38.3 Å². The van der Waals surface area contributed by atoms with Crippen LogP contribution in [0.2, 0.25) is 0 Å². The molecular weight excluding hydrogens is 320 g/mol. The second-order valence-electron chi connectivity index (χ2n) is 6.36. The molecule has 3 heterocycles. The molecule has 2 aliphatic rings. The summed E-state index contributed by atoms with van der Waals surface area (Å²) in [6.07, 6.45) is 0.718. The second-order valence-corrected chi connectivity index (χ2v) is 8.59. The summed E-state index contributed by atoms with van der Waals surface area (Å²) in [7, 11) is -2.86. The zero-order valence-corrected chi connectivity index (χ0v) is 14.0. The maximum Gasteiger partial charge on any atom is 0.227 e. The van der Waals surface area contributed by atoms with Gasteiger partial charge in [-0.1, -0.05) is 0 Å². The first-order valence-corrected chi connectivity index (χ1v) is 9.65. The van der Waals surface area contributed by atoms with Gasteiger partial charge in [0.25, 0.3) is 0 Å². The Bertz CT molecular complexity index is 735. The van der Waals surface area contributed by atoms with Crippen LogP contribution in [0.25, 0.3) is 0 Å². The van der Waals surface area contributed by atoms with Crippen LogP contribution in [0.4, 0.5) is 0 Å². The van der Waals surface area contributed by atoms with Gasteiger partial charge < -0.3 is 9.52 Å². The molecule has 0 aromatic carbocycles. The van der Waals surface area contributed by atoms with Gasteiger partial charge in [-0.25, -0.2) is 8.42 Å². The lowest BCUT2D eigenvalue weighted by molar-refractivity contribution is 0.0937. The van der Waals surface area contributed by atoms with Crippen molar-refractivity contribution in [3.8, 4) is 5.75 Å². The minimum Gasteiger partial charge on any atom is -0.502 e. The van der Waals surface area contributed by atoms with Crippen LogP contribution in [-0.2, 0) is 16.4 Å². The Balaban J connectivity index is 1.59. The summed E-state index contributed by atoms with van der Waals surface area (Å²) >= 11 is 0. The third-order valence-corrected chi connectivity index (χ3v) is 6.37. The van der Waals surface area contributed by atoms with Gasteiger partial charge in [-0.05, 0) is 13.3 Å². The van der Waals surface area contributed by atoms with Crippen molar-refractivity contribution in [3.05, 3.63) is 27.8 Å². The molecule has 0 unspecified atom stereocenters. The largest absolute Gasteiger partial charge is 0.502 e. The van der Waals surface area contributed by atoms with E-state index in [2.05, 4.69) is 9.80 Å². The quantitative estimate of drug-likeness (QED) is 0.824. The third-order valence-electron chi connectivity index (χ3n) is 4.61. The number of aromatic hydroxyl groups is 1. The van der Waals surface area contributed by atoms with Crippen LogP contribution in [0.3, 0.4) is 0 Å². The van der Waals surface area contributed by atoms with Crippen LogP contribution in [0.1, 0.15) is 17.9 Å². The first-order chi connectivity index (χ1) is 10.8. The normalized spacial score (nSPS) is 25.7. The minimum absolute atomic E-state index is 0.132. The van der Waals surface area contributed by atoms with Crippen LogP contribution in [-0.4, -0.2) is 67.1 Å². The molecule has 3 rings (SSSR count). The van der Waals surface area contributed by atoms with Crippen LogP contribution in [0.15, 0.2) is 15.3 Å². The van der Waals surface area contributed by atoms with Crippen molar-refractivity contribution in [3.63, 3.8) is 0 Å². The van der Waals surface area contributed by atoms with E-state index in [1.54, 1.807) is 6.92 Å². The van der Waals surface area contributed by atoms with Gasteiger partial charge in [0.1, 0.15) is 5.76 Å². The molecule has 7 nitrogen and oxygen atoms in total. The molecule has 8 heteroatoms. The smallest absolute Gasteiger partial charge is 0.227 e. The average Bonchev–Trinajstić information content (AvgIpc) is 2.85. The first kappa shape index (κ1) is 16.5. The van der Waals surface area contributed by atoms with Crippen molar-refractivity contribution in [1.82, 2.24) is 9.80 Å². The number of hydrogen-bond donors (Lipinski definition) is 1. The summed E-state index contributed by atoms with van der Waals surface area (Å²) in [5.74, 6) is 1.02. The number of hydrogen-bond acceptors (Lipinski definition) is 7. The van der Waals surface area contributed by atoms with Crippen LogP contribution < -0.4 is 5.43 Å². The summed E-state index contributed by atoms with van der Waals surface area (Å²) in [5, 5.41) is 9.82. The molecule has 0 radical (unpaired) electrons. The molecule has 1 atom stereocenters. The van der Waals surface area contributed by atoms with E-state index in [9.17, 15) is 18.3 Å². The van der Waals surface area contributed by atoms with E-state index in [1.807, 2.05) is 0 Å². The molecule has 0 aliphatic carbocycles. The van der Waals surface area contributed by atoms with Gasteiger partial charge in [0.2, 0.25) is 11.2 Å². The summed E-state index contributed by atoms with van der Waals surface area (Å²) in [5.41, 5.74) is -0.418. The van der Waals surface area contributed by atoms with Crippen molar-refractivity contribution in [2.45, 2.75) is 25.9 Å². The fourth-order valence-electron chi connectivity index (χ4n) is 3.32. The average molecular weight is 342 g/mol. The number of nitrogens with zero attached hydrogens (tertiary/aromatic N) is 2. The molecule has 2 fully saturated rings. The number of aryl methyl sites for hydroxylation is 1. The van der Waals surface area contributed by atoms with Gasteiger partial charge in [0.15, 0.2) is 15.6 Å². The molecule has 2 saturated heterocycles. The van der Waals surface area contributed by atoms with Crippen LogP contribution in [0.5, 0.6) is 5.75 Å². The molecule has 1 N–H and O–H groups in total. The number of sulfone groups is 1. The van der Waals surface area contributed by atoms with Gasteiger partial charge in [-0.2, -0.15) is 0 Å². The van der Waals surface area contributed by atoms with Gasteiger partial charge in [-0.3, -0.25) is 14.6 Å². The van der Waals surface area contributed by atoms with E-state index >= 15 is 0 Å². The zero-order valence-electron chi connectivity index (χ0n) is 13.2. The summed E-state index contributed by atoms with van der Waals surface area (Å²) < 4.78 is 28.6. The van der Waals surface area contributed by atoms with Gasteiger partial charge in [-0.15, -0.1) is 0 Å². The summed E-state index contributed by atoms with van der Waals surface area (Å²) in [4.78, 5) is 15.9. The van der Waals surface area contributed by atoms with Crippen molar-refractivity contribution in [1.29, 1.82) is 0 Å². The van der Waals surface area contributed by atoms with E-state index in [-0.39, 0.29) is 17.5 Å². The van der Waals surface area contributed by atoms with Crippen molar-refractivity contribution >= 4 is 9.84 Å². The molecular formula is C15H22N2O5S. The lowest BCUT2D eigenvalue weighted by Gasteiger charge is -2.37. The zero-order chi connectivity index (χ0) is 16.6. The molecule has 1 aromatic rings. The van der Waals surface area contributed by atoms with Crippen molar-refractivity contribution in [2.24, 2.45) is 0 Å². The Kier molecular flexibility index (Phi) is 4.48. The van der Waals surface area contributed by atoms with E-state index in [1.165, 1.54) is 6.07 Å². The molecule has 0 amide bonds. The highest BCUT2D eigenvalue weighted by atomic mass is 32.2. The van der Waals surface area contributed by atoms with Gasteiger partial charge in [0.05, 0.1) is 18.1 Å². The van der Waals surface area contributed by atoms with E-state index in [0.717, 1.165) is 32.6 Å². The summed E-state index contributed by atoms with van der Waals surface area (Å²) in [6.45, 7) is 5.16. The highest BCUT2D eigenvalue weighted by Gasteiger charge is 2.33. The highest BCUT2D eigenvalue weighted by molar-refractivity contribution is 7.91. The second kappa shape index (κ2) is 6.26. The van der Waals surface area contributed by atoms with E-state index in [0.29, 0.717) is 23.8 Å². The lowest BCUT2D eigenvalue weighted by atomic mass is 10.2. The molecule has 1 aromatic heterocycles. The van der Waals surface area contributed by atoms with Crippen LogP contribution in [0, 0.1) is 6.92 Å². The predicted octanol–water partition coefficient (Wildman–Crippen LogP) is -0.0415. The Morgan fingerprint density at radius 3 is 2.61 bits per heavy atom. The molecule has 128 valence electrons. The first-order valence-electron chi connectivity index (χ1n) is 7.83. The van der Waals surface area contributed by atoms with Crippen LogP contribution >= 0.6 is 0 Å². The Morgan fingerprint density at radius 2 is 2.00 bits per heavy atom. The number of rotatable bonds is 3. The lowest BCUT2D eigenvalue weighted by Crippen LogP contribution is -2.50. The maximum atomic E-state index is 11.6. The topological polar surface area (TPSA) is 91.1 Å². The Labute approximate surface area is 135 Å². The molecule has 0 saturated carbocycles.